The summed E-state index contributed by atoms with van der Waals surface area (Å²) < 4.78 is 1.01. The lowest BCUT2D eigenvalue weighted by Gasteiger charge is -2.15. The highest BCUT2D eigenvalue weighted by atomic mass is 32.2. The molecular weight excluding hydrogens is 577 g/mol. The van der Waals surface area contributed by atoms with E-state index in [9.17, 15) is 14.4 Å². The van der Waals surface area contributed by atoms with Gasteiger partial charge >= 0.3 is 0 Å². The second kappa shape index (κ2) is 14.0. The maximum Gasteiger partial charge on any atom is 0.272 e. The van der Waals surface area contributed by atoms with Gasteiger partial charge in [-0.25, -0.2) is 4.98 Å². The number of anilines is 2. The number of nitrogens with zero attached hydrogens (tertiary/aromatic N) is 1. The Balaban J connectivity index is 1.29. The van der Waals surface area contributed by atoms with Gasteiger partial charge in [0.25, 0.3) is 11.8 Å². The summed E-state index contributed by atoms with van der Waals surface area (Å²) in [6, 6.07) is 31.5. The van der Waals surface area contributed by atoms with E-state index in [-0.39, 0.29) is 22.8 Å². The van der Waals surface area contributed by atoms with Gasteiger partial charge in [-0.2, -0.15) is 0 Å². The standard InChI is InChI=1S/C34H30N4O3S2/c1-3-29(33(41)38-34-37-27-14-7-8-15-30(27)43-34)42-26-13-9-12-25(21-26)35-32(40)28(20-23-18-16-22(2)17-19-23)36-31(39)24-10-5-4-6-11-24/h4-21,29H,3H2,1-2H3,(H,35,40)(H,36,39)(H,37,38,41)/b28-20-. The van der Waals surface area contributed by atoms with Crippen LogP contribution in [-0.2, 0) is 9.59 Å². The van der Waals surface area contributed by atoms with Gasteiger partial charge in [0.2, 0.25) is 5.91 Å². The Morgan fingerprint density at radius 1 is 0.884 bits per heavy atom. The van der Waals surface area contributed by atoms with Crippen molar-refractivity contribution in [3.05, 3.63) is 126 Å². The monoisotopic (exact) mass is 606 g/mol. The quantitative estimate of drug-likeness (QED) is 0.113. The number of thioether (sulfide) groups is 1. The van der Waals surface area contributed by atoms with Crippen LogP contribution in [0.3, 0.4) is 0 Å². The highest BCUT2D eigenvalue weighted by Crippen LogP contribution is 2.30. The van der Waals surface area contributed by atoms with Gasteiger partial charge in [0.05, 0.1) is 15.5 Å². The molecule has 0 saturated carbocycles. The molecule has 0 aliphatic heterocycles. The number of fused-ring (bicyclic) bond motifs is 1. The molecule has 3 amide bonds. The van der Waals surface area contributed by atoms with Gasteiger partial charge in [-0.3, -0.25) is 14.4 Å². The van der Waals surface area contributed by atoms with Crippen LogP contribution < -0.4 is 16.0 Å². The van der Waals surface area contributed by atoms with Crippen molar-refractivity contribution in [3.63, 3.8) is 0 Å². The van der Waals surface area contributed by atoms with Gasteiger partial charge in [0.15, 0.2) is 5.13 Å². The Kier molecular flexibility index (Phi) is 9.66. The van der Waals surface area contributed by atoms with E-state index in [0.29, 0.717) is 22.8 Å². The molecule has 7 nitrogen and oxygen atoms in total. The Hall–Kier alpha value is -4.73. The number of aryl methyl sites for hydroxylation is 1. The molecule has 0 bridgehead atoms. The van der Waals surface area contributed by atoms with Crippen LogP contribution in [0.1, 0.15) is 34.8 Å². The van der Waals surface area contributed by atoms with Crippen LogP contribution in [0.25, 0.3) is 16.3 Å². The summed E-state index contributed by atoms with van der Waals surface area (Å²) in [5.41, 5.74) is 3.81. The number of carbonyl (C=O) groups is 3. The first-order valence-electron chi connectivity index (χ1n) is 13.8. The number of aromatic nitrogens is 1. The minimum Gasteiger partial charge on any atom is -0.321 e. The third kappa shape index (κ3) is 7.97. The smallest absolute Gasteiger partial charge is 0.272 e. The summed E-state index contributed by atoms with van der Waals surface area (Å²) in [5, 5.41) is 8.83. The average Bonchev–Trinajstić information content (AvgIpc) is 3.43. The number of para-hydroxylation sites is 1. The molecule has 43 heavy (non-hydrogen) atoms. The van der Waals surface area contributed by atoms with Crippen LogP contribution in [0.4, 0.5) is 10.8 Å². The summed E-state index contributed by atoms with van der Waals surface area (Å²) in [6.07, 6.45) is 2.25. The number of rotatable bonds is 10. The van der Waals surface area contributed by atoms with Crippen molar-refractivity contribution in [2.24, 2.45) is 0 Å². The SMILES string of the molecule is CCC(Sc1cccc(NC(=O)/C(=C/c2ccc(C)cc2)NC(=O)c2ccccc2)c1)C(=O)Nc1nc2ccccc2s1. The maximum atomic E-state index is 13.5. The molecule has 1 heterocycles. The molecule has 1 unspecified atom stereocenters. The second-order valence-corrected chi connectivity index (χ2v) is 12.1. The number of hydrogen-bond acceptors (Lipinski definition) is 6. The molecule has 3 N–H and O–H groups in total. The fourth-order valence-electron chi connectivity index (χ4n) is 4.22. The molecule has 4 aromatic carbocycles. The lowest BCUT2D eigenvalue weighted by molar-refractivity contribution is -0.116. The molecule has 1 atom stereocenters. The fraction of sp³-hybridized carbons (Fsp3) is 0.118. The minimum absolute atomic E-state index is 0.109. The Bertz CT molecular complexity index is 1750. The highest BCUT2D eigenvalue weighted by Gasteiger charge is 2.20. The molecule has 5 aromatic rings. The molecule has 5 rings (SSSR count). The zero-order chi connectivity index (χ0) is 30.2. The third-order valence-corrected chi connectivity index (χ3v) is 8.78. The first kappa shape index (κ1) is 29.8. The van der Waals surface area contributed by atoms with Gasteiger partial charge < -0.3 is 16.0 Å². The molecule has 1 aromatic heterocycles. The number of nitrogens with one attached hydrogen (secondary N) is 3. The van der Waals surface area contributed by atoms with Crippen LogP contribution in [0.5, 0.6) is 0 Å². The third-order valence-electron chi connectivity index (χ3n) is 6.47. The van der Waals surface area contributed by atoms with E-state index in [1.165, 1.54) is 23.1 Å². The molecule has 0 spiro atoms. The fourth-order valence-corrected chi connectivity index (χ4v) is 6.10. The zero-order valence-corrected chi connectivity index (χ0v) is 25.3. The molecule has 0 aliphatic rings. The van der Waals surface area contributed by atoms with E-state index >= 15 is 0 Å². The first-order valence-corrected chi connectivity index (χ1v) is 15.5. The van der Waals surface area contributed by atoms with Crippen LogP contribution in [0.2, 0.25) is 0 Å². The molecule has 9 heteroatoms. The zero-order valence-electron chi connectivity index (χ0n) is 23.7. The lowest BCUT2D eigenvalue weighted by Crippen LogP contribution is -2.30. The van der Waals surface area contributed by atoms with Crippen LogP contribution in [0.15, 0.2) is 114 Å². The highest BCUT2D eigenvalue weighted by molar-refractivity contribution is 8.00. The predicted molar refractivity (Wildman–Crippen MR) is 176 cm³/mol. The van der Waals surface area contributed by atoms with Crippen molar-refractivity contribution in [1.82, 2.24) is 10.3 Å². The van der Waals surface area contributed by atoms with Crippen molar-refractivity contribution < 1.29 is 14.4 Å². The van der Waals surface area contributed by atoms with E-state index in [4.69, 9.17) is 0 Å². The van der Waals surface area contributed by atoms with Crippen LogP contribution in [0, 0.1) is 6.92 Å². The summed E-state index contributed by atoms with van der Waals surface area (Å²) >= 11 is 2.85. The van der Waals surface area contributed by atoms with E-state index in [0.717, 1.165) is 26.2 Å². The number of thiazole rings is 1. The number of hydrogen-bond donors (Lipinski definition) is 3. The summed E-state index contributed by atoms with van der Waals surface area (Å²) in [4.78, 5) is 44.8. The topological polar surface area (TPSA) is 100 Å². The Labute approximate surface area is 258 Å². The van der Waals surface area contributed by atoms with E-state index in [2.05, 4.69) is 20.9 Å². The molecule has 216 valence electrons. The summed E-state index contributed by atoms with van der Waals surface area (Å²) in [7, 11) is 0. The van der Waals surface area contributed by atoms with E-state index < -0.39 is 5.91 Å². The van der Waals surface area contributed by atoms with E-state index in [1.54, 1.807) is 36.4 Å². The number of carbonyl (C=O) groups excluding carboxylic acids is 3. The summed E-state index contributed by atoms with van der Waals surface area (Å²) in [5.74, 6) is -0.982. The predicted octanol–water partition coefficient (Wildman–Crippen LogP) is 7.52. The van der Waals surface area contributed by atoms with Gasteiger partial charge in [-0.15, -0.1) is 11.8 Å². The van der Waals surface area contributed by atoms with Crippen molar-refractivity contribution >= 4 is 67.9 Å². The molecule has 0 aliphatic carbocycles. The largest absolute Gasteiger partial charge is 0.321 e. The van der Waals surface area contributed by atoms with Crippen molar-refractivity contribution in [1.29, 1.82) is 0 Å². The molecule has 0 fully saturated rings. The van der Waals surface area contributed by atoms with E-state index in [1.807, 2.05) is 86.6 Å². The Morgan fingerprint density at radius 2 is 1.63 bits per heavy atom. The number of amides is 3. The van der Waals surface area contributed by atoms with Crippen LogP contribution in [-0.4, -0.2) is 28.0 Å². The molecule has 0 saturated heterocycles. The van der Waals surface area contributed by atoms with Gasteiger partial charge in [0.1, 0.15) is 5.70 Å². The first-order chi connectivity index (χ1) is 20.9. The van der Waals surface area contributed by atoms with Crippen molar-refractivity contribution in [2.45, 2.75) is 30.4 Å². The summed E-state index contributed by atoms with van der Waals surface area (Å²) in [6.45, 7) is 3.94. The molecule has 0 radical (unpaired) electrons. The van der Waals surface area contributed by atoms with Gasteiger partial charge in [0, 0.05) is 16.1 Å². The van der Waals surface area contributed by atoms with Crippen molar-refractivity contribution in [2.75, 3.05) is 10.6 Å². The normalized spacial score (nSPS) is 12.0. The average molecular weight is 607 g/mol. The van der Waals surface area contributed by atoms with Crippen molar-refractivity contribution in [3.8, 4) is 0 Å². The maximum absolute atomic E-state index is 13.5. The lowest BCUT2D eigenvalue weighted by atomic mass is 10.1. The second-order valence-electron chi connectivity index (χ2n) is 9.76. The number of benzene rings is 4. The van der Waals surface area contributed by atoms with Gasteiger partial charge in [-0.1, -0.05) is 84.5 Å². The van der Waals surface area contributed by atoms with Gasteiger partial charge in [-0.05, 0) is 67.4 Å². The minimum atomic E-state index is -0.465. The Morgan fingerprint density at radius 3 is 2.37 bits per heavy atom. The molecular formula is C34H30N4O3S2. The van der Waals surface area contributed by atoms with Crippen LogP contribution >= 0.6 is 23.1 Å².